The van der Waals surface area contributed by atoms with Crippen LogP contribution in [0.2, 0.25) is 5.02 Å². The lowest BCUT2D eigenvalue weighted by Gasteiger charge is -2.37. The minimum Gasteiger partial charge on any atom is -0.363 e. The number of anilines is 2. The van der Waals surface area contributed by atoms with Crippen LogP contribution < -0.4 is 16.2 Å². The monoisotopic (exact) mass is 302 g/mol. The highest BCUT2D eigenvalue weighted by Crippen LogP contribution is 2.32. The summed E-state index contributed by atoms with van der Waals surface area (Å²) in [7, 11) is 0. The van der Waals surface area contributed by atoms with Crippen LogP contribution in [0.3, 0.4) is 0 Å². The molecule has 0 bridgehead atoms. The molecule has 3 N–H and O–H groups in total. The van der Waals surface area contributed by atoms with Gasteiger partial charge in [-0.05, 0) is 43.5 Å². The quantitative estimate of drug-likeness (QED) is 0.674. The van der Waals surface area contributed by atoms with E-state index < -0.39 is 0 Å². The summed E-state index contributed by atoms with van der Waals surface area (Å²) in [5, 5.41) is 0.671. The molecule has 110 valence electrons. The van der Waals surface area contributed by atoms with E-state index in [0.29, 0.717) is 23.4 Å². The molecule has 1 aromatic carbocycles. The topological polar surface area (TPSA) is 54.2 Å². The molecule has 4 nitrogen and oxygen atoms in total. The van der Waals surface area contributed by atoms with E-state index in [-0.39, 0.29) is 0 Å². The first-order chi connectivity index (χ1) is 10.2. The molecule has 0 saturated heterocycles. The molecule has 0 spiro atoms. The average molecular weight is 303 g/mol. The second-order valence-corrected chi connectivity index (χ2v) is 5.82. The second kappa shape index (κ2) is 5.92. The van der Waals surface area contributed by atoms with Crippen LogP contribution in [0.25, 0.3) is 0 Å². The van der Waals surface area contributed by atoms with Crippen LogP contribution in [0.1, 0.15) is 24.6 Å². The molecule has 0 amide bonds. The standard InChI is InChI=1S/C16H19ClN4/c1-11-6-7-12-4-2-3-5-15(12)21(11)10-14-13(17)8-9-16(19-14)20-18/h2-5,8-9,11H,6-7,10,18H2,1H3,(H,19,20). The normalized spacial score (nSPS) is 17.5. The highest BCUT2D eigenvalue weighted by molar-refractivity contribution is 6.31. The summed E-state index contributed by atoms with van der Waals surface area (Å²) >= 11 is 6.29. The number of aromatic nitrogens is 1. The van der Waals surface area contributed by atoms with Crippen LogP contribution in [0, 0.1) is 0 Å². The predicted octanol–water partition coefficient (Wildman–Crippen LogP) is 3.36. The van der Waals surface area contributed by atoms with Gasteiger partial charge in [-0.3, -0.25) is 0 Å². The van der Waals surface area contributed by atoms with Gasteiger partial charge in [-0.2, -0.15) is 0 Å². The number of fused-ring (bicyclic) bond motifs is 1. The van der Waals surface area contributed by atoms with Crippen LogP contribution in [-0.2, 0) is 13.0 Å². The fourth-order valence-corrected chi connectivity index (χ4v) is 3.00. The largest absolute Gasteiger partial charge is 0.363 e. The number of benzene rings is 1. The van der Waals surface area contributed by atoms with Gasteiger partial charge in [0.15, 0.2) is 0 Å². The molecule has 0 aliphatic carbocycles. The molecule has 1 aromatic heterocycles. The minimum absolute atomic E-state index is 0.465. The number of nitrogen functional groups attached to an aromatic ring is 1. The molecule has 0 radical (unpaired) electrons. The number of nitrogens with one attached hydrogen (secondary N) is 1. The maximum absolute atomic E-state index is 6.29. The summed E-state index contributed by atoms with van der Waals surface area (Å²) in [6.07, 6.45) is 2.27. The third-order valence-corrected chi connectivity index (χ3v) is 4.40. The first-order valence-corrected chi connectivity index (χ1v) is 7.53. The van der Waals surface area contributed by atoms with Crippen LogP contribution in [0.5, 0.6) is 0 Å². The second-order valence-electron chi connectivity index (χ2n) is 5.41. The van der Waals surface area contributed by atoms with E-state index in [1.54, 1.807) is 6.07 Å². The van der Waals surface area contributed by atoms with Crippen molar-refractivity contribution in [1.29, 1.82) is 0 Å². The molecule has 1 unspecified atom stereocenters. The Kier molecular flexibility index (Phi) is 3.99. The smallest absolute Gasteiger partial charge is 0.140 e. The Balaban J connectivity index is 1.94. The van der Waals surface area contributed by atoms with Crippen molar-refractivity contribution in [2.24, 2.45) is 5.84 Å². The lowest BCUT2D eigenvalue weighted by Crippen LogP contribution is -2.37. The van der Waals surface area contributed by atoms with E-state index >= 15 is 0 Å². The Morgan fingerprint density at radius 2 is 2.14 bits per heavy atom. The Hall–Kier alpha value is -1.78. The molecule has 1 aliphatic heterocycles. The van der Waals surface area contributed by atoms with Gasteiger partial charge >= 0.3 is 0 Å². The zero-order valence-electron chi connectivity index (χ0n) is 12.0. The number of para-hydroxylation sites is 1. The lowest BCUT2D eigenvalue weighted by molar-refractivity contribution is 0.557. The van der Waals surface area contributed by atoms with Crippen molar-refractivity contribution in [3.05, 3.63) is 52.7 Å². The van der Waals surface area contributed by atoms with Crippen molar-refractivity contribution >= 4 is 23.1 Å². The predicted molar refractivity (Wildman–Crippen MR) is 87.5 cm³/mol. The van der Waals surface area contributed by atoms with Gasteiger partial charge in [0.25, 0.3) is 0 Å². The Bertz CT molecular complexity index is 644. The number of aryl methyl sites for hydroxylation is 1. The van der Waals surface area contributed by atoms with E-state index in [9.17, 15) is 0 Å². The number of hydrogen-bond acceptors (Lipinski definition) is 4. The maximum atomic E-state index is 6.29. The summed E-state index contributed by atoms with van der Waals surface area (Å²) in [5.41, 5.74) is 6.08. The van der Waals surface area contributed by atoms with Crippen LogP contribution in [0.15, 0.2) is 36.4 Å². The Morgan fingerprint density at radius 3 is 2.95 bits per heavy atom. The molecule has 1 aliphatic rings. The van der Waals surface area contributed by atoms with Gasteiger partial charge in [-0.1, -0.05) is 29.8 Å². The summed E-state index contributed by atoms with van der Waals surface area (Å²) in [5.74, 6) is 6.07. The number of nitrogens with two attached hydrogens (primary N) is 1. The number of halogens is 1. The van der Waals surface area contributed by atoms with Gasteiger partial charge in [0.2, 0.25) is 0 Å². The van der Waals surface area contributed by atoms with Crippen molar-refractivity contribution in [2.75, 3.05) is 10.3 Å². The van der Waals surface area contributed by atoms with Crippen LogP contribution in [-0.4, -0.2) is 11.0 Å². The SMILES string of the molecule is CC1CCc2ccccc2N1Cc1nc(NN)ccc1Cl. The number of pyridine rings is 1. The molecule has 2 heterocycles. The van der Waals surface area contributed by atoms with Crippen molar-refractivity contribution in [1.82, 2.24) is 4.98 Å². The van der Waals surface area contributed by atoms with Crippen molar-refractivity contribution in [3.63, 3.8) is 0 Å². The van der Waals surface area contributed by atoms with E-state index in [2.05, 4.69) is 46.5 Å². The molecular formula is C16H19ClN4. The van der Waals surface area contributed by atoms with E-state index in [1.807, 2.05) is 6.07 Å². The molecule has 21 heavy (non-hydrogen) atoms. The average Bonchev–Trinajstić information content (AvgIpc) is 2.52. The van der Waals surface area contributed by atoms with Gasteiger partial charge in [-0.15, -0.1) is 0 Å². The third-order valence-electron chi connectivity index (χ3n) is 4.05. The van der Waals surface area contributed by atoms with Crippen molar-refractivity contribution in [2.45, 2.75) is 32.4 Å². The fourth-order valence-electron chi connectivity index (χ4n) is 2.84. The maximum Gasteiger partial charge on any atom is 0.140 e. The minimum atomic E-state index is 0.465. The van der Waals surface area contributed by atoms with E-state index in [0.717, 1.165) is 18.5 Å². The van der Waals surface area contributed by atoms with E-state index in [4.69, 9.17) is 17.4 Å². The summed E-state index contributed by atoms with van der Waals surface area (Å²) in [4.78, 5) is 6.85. The Labute approximate surface area is 129 Å². The van der Waals surface area contributed by atoms with Gasteiger partial charge in [0.05, 0.1) is 17.3 Å². The molecule has 0 saturated carbocycles. The molecule has 1 atom stereocenters. The third kappa shape index (κ3) is 2.82. The summed E-state index contributed by atoms with van der Waals surface area (Å²) < 4.78 is 0. The number of nitrogens with zero attached hydrogens (tertiary/aromatic N) is 2. The van der Waals surface area contributed by atoms with Crippen molar-refractivity contribution in [3.8, 4) is 0 Å². The van der Waals surface area contributed by atoms with Gasteiger partial charge < -0.3 is 10.3 Å². The molecule has 2 aromatic rings. The number of hydrazine groups is 1. The van der Waals surface area contributed by atoms with Crippen LogP contribution >= 0.6 is 11.6 Å². The Morgan fingerprint density at radius 1 is 1.33 bits per heavy atom. The van der Waals surface area contributed by atoms with Gasteiger partial charge in [0, 0.05) is 11.7 Å². The first-order valence-electron chi connectivity index (χ1n) is 7.15. The van der Waals surface area contributed by atoms with Crippen molar-refractivity contribution < 1.29 is 0 Å². The molecule has 0 fully saturated rings. The summed E-state index contributed by atoms with van der Waals surface area (Å²) in [6, 6.07) is 12.6. The van der Waals surface area contributed by atoms with E-state index in [1.165, 1.54) is 11.3 Å². The van der Waals surface area contributed by atoms with Gasteiger partial charge in [0.1, 0.15) is 5.82 Å². The number of hydrogen-bond donors (Lipinski definition) is 2. The highest BCUT2D eigenvalue weighted by atomic mass is 35.5. The number of rotatable bonds is 3. The first kappa shape index (κ1) is 14.2. The highest BCUT2D eigenvalue weighted by Gasteiger charge is 2.23. The summed E-state index contributed by atoms with van der Waals surface area (Å²) in [6.45, 7) is 2.93. The molecular weight excluding hydrogens is 284 g/mol. The van der Waals surface area contributed by atoms with Gasteiger partial charge in [-0.25, -0.2) is 10.8 Å². The fraction of sp³-hybridized carbons (Fsp3) is 0.312. The molecule has 5 heteroatoms. The molecule has 3 rings (SSSR count). The zero-order chi connectivity index (χ0) is 14.8. The zero-order valence-corrected chi connectivity index (χ0v) is 12.8. The van der Waals surface area contributed by atoms with Crippen LogP contribution in [0.4, 0.5) is 11.5 Å². The lowest BCUT2D eigenvalue weighted by atomic mass is 9.96.